The second-order valence-electron chi connectivity index (χ2n) is 7.40. The normalized spacial score (nSPS) is 11.8. The summed E-state index contributed by atoms with van der Waals surface area (Å²) in [4.78, 5) is 29.4. The molecule has 1 amide bonds. The minimum Gasteiger partial charge on any atom is -0.448 e. The van der Waals surface area contributed by atoms with Gasteiger partial charge in [0.2, 0.25) is 0 Å². The van der Waals surface area contributed by atoms with Crippen LogP contribution in [0.5, 0.6) is 0 Å². The summed E-state index contributed by atoms with van der Waals surface area (Å²) in [6.07, 6.45) is 0.0312. The van der Waals surface area contributed by atoms with E-state index in [0.29, 0.717) is 0 Å². The zero-order valence-corrected chi connectivity index (χ0v) is 18.7. The first-order valence-electron chi connectivity index (χ1n) is 9.93. The smallest absolute Gasteiger partial charge is 0.358 e. The number of aryl methyl sites for hydroxylation is 4. The van der Waals surface area contributed by atoms with Gasteiger partial charge in [-0.2, -0.15) is 0 Å². The lowest BCUT2D eigenvalue weighted by atomic mass is 10.0. The van der Waals surface area contributed by atoms with Crippen molar-refractivity contribution >= 4 is 28.9 Å². The van der Waals surface area contributed by atoms with Crippen LogP contribution in [0.15, 0.2) is 41.8 Å². The van der Waals surface area contributed by atoms with Crippen LogP contribution >= 0.6 is 11.3 Å². The maximum absolute atomic E-state index is 12.5. The Morgan fingerprint density at radius 1 is 1.10 bits per heavy atom. The summed E-state index contributed by atoms with van der Waals surface area (Å²) < 4.78 is 5.35. The molecule has 0 aliphatic heterocycles. The summed E-state index contributed by atoms with van der Waals surface area (Å²) in [5.74, 6) is -0.980. The minimum absolute atomic E-state index is 0.205. The molecule has 0 unspecified atom stereocenters. The number of esters is 1. The second kappa shape index (κ2) is 9.22. The maximum Gasteiger partial charge on any atom is 0.358 e. The average Bonchev–Trinajstić information content (AvgIpc) is 3.21. The molecule has 156 valence electrons. The first-order chi connectivity index (χ1) is 14.3. The van der Waals surface area contributed by atoms with Crippen molar-refractivity contribution < 1.29 is 14.3 Å². The fourth-order valence-electron chi connectivity index (χ4n) is 3.26. The van der Waals surface area contributed by atoms with Crippen LogP contribution in [-0.2, 0) is 16.0 Å². The van der Waals surface area contributed by atoms with E-state index in [0.717, 1.165) is 39.4 Å². The van der Waals surface area contributed by atoms with Gasteiger partial charge in [0, 0.05) is 16.6 Å². The number of thiazole rings is 1. The van der Waals surface area contributed by atoms with Crippen LogP contribution in [0.2, 0.25) is 0 Å². The third kappa shape index (κ3) is 4.94. The molecule has 30 heavy (non-hydrogen) atoms. The highest BCUT2D eigenvalue weighted by molar-refractivity contribution is 7.13. The first kappa shape index (κ1) is 21.7. The monoisotopic (exact) mass is 422 g/mol. The highest BCUT2D eigenvalue weighted by atomic mass is 32.1. The Morgan fingerprint density at radius 2 is 1.73 bits per heavy atom. The Labute approximate surface area is 181 Å². The van der Waals surface area contributed by atoms with E-state index in [4.69, 9.17) is 4.74 Å². The van der Waals surface area contributed by atoms with Gasteiger partial charge in [-0.1, -0.05) is 48.9 Å². The topological polar surface area (TPSA) is 68.3 Å². The van der Waals surface area contributed by atoms with Crippen LogP contribution in [0, 0.1) is 20.8 Å². The molecule has 1 heterocycles. The minimum atomic E-state index is -0.938. The second-order valence-corrected chi connectivity index (χ2v) is 8.26. The molecule has 0 radical (unpaired) electrons. The summed E-state index contributed by atoms with van der Waals surface area (Å²) in [6, 6.07) is 12.1. The van der Waals surface area contributed by atoms with E-state index in [2.05, 4.69) is 29.4 Å². The highest BCUT2D eigenvalue weighted by Crippen LogP contribution is 2.25. The average molecular weight is 423 g/mol. The quantitative estimate of drug-likeness (QED) is 0.534. The molecule has 5 nitrogen and oxygen atoms in total. The molecule has 1 aromatic heterocycles. The zero-order valence-electron chi connectivity index (χ0n) is 17.9. The van der Waals surface area contributed by atoms with Crippen molar-refractivity contribution in [1.82, 2.24) is 4.98 Å². The molecule has 0 fully saturated rings. The number of hydrogen-bond donors (Lipinski definition) is 1. The fourth-order valence-corrected chi connectivity index (χ4v) is 4.05. The van der Waals surface area contributed by atoms with Crippen molar-refractivity contribution in [2.45, 2.75) is 47.1 Å². The summed E-state index contributed by atoms with van der Waals surface area (Å²) in [5, 5.41) is 5.27. The number of hydrogen-bond acceptors (Lipinski definition) is 5. The molecule has 0 aliphatic rings. The Hall–Kier alpha value is -2.99. The predicted octanol–water partition coefficient (Wildman–Crippen LogP) is 5.48. The Morgan fingerprint density at radius 3 is 2.33 bits per heavy atom. The van der Waals surface area contributed by atoms with Gasteiger partial charge in [-0.15, -0.1) is 11.3 Å². The van der Waals surface area contributed by atoms with E-state index >= 15 is 0 Å². The molecule has 0 saturated heterocycles. The van der Waals surface area contributed by atoms with Crippen LogP contribution in [0.25, 0.3) is 10.6 Å². The molecule has 0 aliphatic carbocycles. The standard InChI is InChI=1S/C24H26N2O3S/c1-6-18-7-9-19(10-8-18)23-25-20(13-30-23)24(28)29-17(5)22(27)26-21-15(3)11-14(2)12-16(21)4/h7-13,17H,6H2,1-5H3,(H,26,27)/t17-/m1/s1. The number of carbonyl (C=O) groups excluding carboxylic acids is 2. The van der Waals surface area contributed by atoms with Gasteiger partial charge in [-0.3, -0.25) is 4.79 Å². The lowest BCUT2D eigenvalue weighted by molar-refractivity contribution is -0.123. The largest absolute Gasteiger partial charge is 0.448 e. The number of nitrogens with one attached hydrogen (secondary N) is 1. The van der Waals surface area contributed by atoms with E-state index in [1.165, 1.54) is 16.9 Å². The SMILES string of the molecule is CCc1ccc(-c2nc(C(=O)O[C@H](C)C(=O)Nc3c(C)cc(C)cc3C)cs2)cc1. The van der Waals surface area contributed by atoms with Crippen LogP contribution in [0.3, 0.4) is 0 Å². The van der Waals surface area contributed by atoms with Gasteiger partial charge in [0.1, 0.15) is 5.01 Å². The molecule has 6 heteroatoms. The van der Waals surface area contributed by atoms with Crippen molar-refractivity contribution in [3.63, 3.8) is 0 Å². The van der Waals surface area contributed by atoms with Crippen LogP contribution in [-0.4, -0.2) is 23.0 Å². The molecule has 2 aromatic carbocycles. The molecule has 3 aromatic rings. The molecule has 0 spiro atoms. The summed E-state index contributed by atoms with van der Waals surface area (Å²) >= 11 is 1.38. The lowest BCUT2D eigenvalue weighted by Crippen LogP contribution is -2.30. The summed E-state index contributed by atoms with van der Waals surface area (Å²) in [5.41, 5.74) is 6.22. The van der Waals surface area contributed by atoms with Crippen molar-refractivity contribution in [1.29, 1.82) is 0 Å². The molecule has 3 rings (SSSR count). The Kier molecular flexibility index (Phi) is 6.67. The van der Waals surface area contributed by atoms with E-state index in [1.807, 2.05) is 45.0 Å². The van der Waals surface area contributed by atoms with Crippen molar-refractivity contribution in [3.05, 3.63) is 69.7 Å². The Bertz CT molecular complexity index is 1050. The number of rotatable bonds is 6. The molecule has 0 bridgehead atoms. The first-order valence-corrected chi connectivity index (χ1v) is 10.8. The van der Waals surface area contributed by atoms with E-state index < -0.39 is 12.1 Å². The van der Waals surface area contributed by atoms with Gasteiger partial charge < -0.3 is 10.1 Å². The molecular weight excluding hydrogens is 396 g/mol. The fraction of sp³-hybridized carbons (Fsp3) is 0.292. The molecule has 0 saturated carbocycles. The van der Waals surface area contributed by atoms with E-state index in [-0.39, 0.29) is 11.6 Å². The van der Waals surface area contributed by atoms with Gasteiger partial charge in [-0.05, 0) is 50.8 Å². The molecule has 1 N–H and O–H groups in total. The third-order valence-corrected chi connectivity index (χ3v) is 5.79. The van der Waals surface area contributed by atoms with Crippen molar-refractivity contribution in [3.8, 4) is 10.6 Å². The van der Waals surface area contributed by atoms with Crippen molar-refractivity contribution in [2.75, 3.05) is 5.32 Å². The van der Waals surface area contributed by atoms with Crippen LogP contribution in [0.1, 0.15) is 46.6 Å². The van der Waals surface area contributed by atoms with Crippen LogP contribution in [0.4, 0.5) is 5.69 Å². The van der Waals surface area contributed by atoms with Gasteiger partial charge in [0.15, 0.2) is 11.8 Å². The molecule has 1 atom stereocenters. The van der Waals surface area contributed by atoms with E-state index in [1.54, 1.807) is 12.3 Å². The lowest BCUT2D eigenvalue weighted by Gasteiger charge is -2.16. The van der Waals surface area contributed by atoms with Gasteiger partial charge in [0.05, 0.1) is 0 Å². The van der Waals surface area contributed by atoms with Crippen molar-refractivity contribution in [2.24, 2.45) is 0 Å². The van der Waals surface area contributed by atoms with Gasteiger partial charge >= 0.3 is 5.97 Å². The van der Waals surface area contributed by atoms with Crippen LogP contribution < -0.4 is 5.32 Å². The van der Waals surface area contributed by atoms with Gasteiger partial charge in [0.25, 0.3) is 5.91 Å². The number of nitrogens with zero attached hydrogens (tertiary/aromatic N) is 1. The number of aromatic nitrogens is 1. The van der Waals surface area contributed by atoms with Gasteiger partial charge in [-0.25, -0.2) is 9.78 Å². The maximum atomic E-state index is 12.5. The Balaban J connectivity index is 1.65. The predicted molar refractivity (Wildman–Crippen MR) is 121 cm³/mol. The number of benzene rings is 2. The number of anilines is 1. The summed E-state index contributed by atoms with van der Waals surface area (Å²) in [7, 11) is 0. The third-order valence-electron chi connectivity index (χ3n) is 4.90. The number of ether oxygens (including phenoxy) is 1. The molecular formula is C24H26N2O3S. The van der Waals surface area contributed by atoms with E-state index in [9.17, 15) is 9.59 Å². The summed E-state index contributed by atoms with van der Waals surface area (Å²) in [6.45, 7) is 9.55. The highest BCUT2D eigenvalue weighted by Gasteiger charge is 2.22. The number of carbonyl (C=O) groups is 2. The zero-order chi connectivity index (χ0) is 21.8. The number of amides is 1.